The lowest BCUT2D eigenvalue weighted by molar-refractivity contribution is 0.0221. The summed E-state index contributed by atoms with van der Waals surface area (Å²) in [5.41, 5.74) is 0.628. The molecule has 0 saturated heterocycles. The van der Waals surface area contributed by atoms with Gasteiger partial charge < -0.3 is 14.6 Å². The van der Waals surface area contributed by atoms with Gasteiger partial charge in [0, 0.05) is 6.61 Å². The Balaban J connectivity index is 2.40. The van der Waals surface area contributed by atoms with Gasteiger partial charge >= 0.3 is 0 Å². The molecule has 0 aliphatic heterocycles. The quantitative estimate of drug-likeness (QED) is 0.545. The molecule has 1 N–H and O–H groups in total. The number of aromatic nitrogens is 1. The van der Waals surface area contributed by atoms with Crippen LogP contribution in [-0.2, 0) is 11.3 Å². The maximum absolute atomic E-state index is 8.71. The fraction of sp³-hybridized carbons (Fsp3) is 0.444. The van der Waals surface area contributed by atoms with Gasteiger partial charge in [-0.3, -0.25) is 4.98 Å². The van der Waals surface area contributed by atoms with Gasteiger partial charge in [-0.05, 0) is 19.1 Å². The maximum Gasteiger partial charge on any atom is 0.189 e. The second kappa shape index (κ2) is 5.50. The summed E-state index contributed by atoms with van der Waals surface area (Å²) in [4.78, 5) is 3.95. The Morgan fingerprint density at radius 2 is 2.31 bits per heavy atom. The van der Waals surface area contributed by atoms with Crippen LogP contribution in [0, 0.1) is 0 Å². The molecule has 4 nitrogen and oxygen atoms in total. The Kier molecular flexibility index (Phi) is 4.21. The minimum Gasteiger partial charge on any atom is -0.466 e. The Bertz CT molecular complexity index is 235. The number of hydrogen-bond acceptors (Lipinski definition) is 4. The van der Waals surface area contributed by atoms with E-state index in [1.54, 1.807) is 18.3 Å². The maximum atomic E-state index is 8.71. The van der Waals surface area contributed by atoms with Crippen LogP contribution in [0.3, 0.4) is 0 Å². The molecule has 1 heterocycles. The number of nitrogens with zero attached hydrogens (tertiary/aromatic N) is 1. The third-order valence-electron chi connectivity index (χ3n) is 1.47. The molecule has 72 valence electrons. The van der Waals surface area contributed by atoms with Crippen LogP contribution in [-0.4, -0.2) is 23.5 Å². The minimum atomic E-state index is -0.0499. The highest BCUT2D eigenvalue weighted by atomic mass is 16.7. The predicted octanol–water partition coefficient (Wildman–Crippen LogP) is 0.947. The molecule has 0 atom stereocenters. The Morgan fingerprint density at radius 3 is 2.85 bits per heavy atom. The van der Waals surface area contributed by atoms with Crippen LogP contribution in [0.15, 0.2) is 18.3 Å². The molecular weight excluding hydrogens is 170 g/mol. The number of aliphatic hydroxyl groups excluding tert-OH is 1. The van der Waals surface area contributed by atoms with Crippen LogP contribution < -0.4 is 4.74 Å². The van der Waals surface area contributed by atoms with E-state index in [-0.39, 0.29) is 13.4 Å². The van der Waals surface area contributed by atoms with Crippen LogP contribution in [0.5, 0.6) is 5.75 Å². The van der Waals surface area contributed by atoms with Crippen molar-refractivity contribution in [2.75, 3.05) is 13.4 Å². The molecule has 0 bridgehead atoms. The van der Waals surface area contributed by atoms with Crippen molar-refractivity contribution >= 4 is 0 Å². The molecule has 0 aliphatic rings. The molecule has 0 saturated carbocycles. The average molecular weight is 183 g/mol. The average Bonchev–Trinajstić information content (AvgIpc) is 2.19. The molecule has 0 spiro atoms. The Labute approximate surface area is 77.1 Å². The summed E-state index contributed by atoms with van der Waals surface area (Å²) in [6.45, 7) is 2.71. The summed E-state index contributed by atoms with van der Waals surface area (Å²) in [6.07, 6.45) is 1.56. The lowest BCUT2D eigenvalue weighted by atomic mass is 10.3. The highest BCUT2D eigenvalue weighted by molar-refractivity contribution is 5.19. The first-order valence-electron chi connectivity index (χ1n) is 4.13. The fourth-order valence-corrected chi connectivity index (χ4v) is 0.783. The molecule has 0 amide bonds. The molecule has 1 rings (SSSR count). The van der Waals surface area contributed by atoms with Crippen molar-refractivity contribution in [1.82, 2.24) is 4.98 Å². The summed E-state index contributed by atoms with van der Waals surface area (Å²) < 4.78 is 10.2. The zero-order valence-corrected chi connectivity index (χ0v) is 7.56. The Hall–Kier alpha value is -1.13. The van der Waals surface area contributed by atoms with Crippen molar-refractivity contribution in [2.45, 2.75) is 13.5 Å². The van der Waals surface area contributed by atoms with Gasteiger partial charge in [0.15, 0.2) is 6.79 Å². The second-order valence-corrected chi connectivity index (χ2v) is 2.40. The van der Waals surface area contributed by atoms with E-state index in [0.29, 0.717) is 18.1 Å². The SMILES string of the molecule is CCOCOc1ccc(CO)nc1. The van der Waals surface area contributed by atoms with Gasteiger partial charge in [-0.2, -0.15) is 0 Å². The van der Waals surface area contributed by atoms with E-state index in [1.807, 2.05) is 6.92 Å². The van der Waals surface area contributed by atoms with E-state index in [4.69, 9.17) is 14.6 Å². The zero-order valence-electron chi connectivity index (χ0n) is 7.56. The van der Waals surface area contributed by atoms with E-state index in [1.165, 1.54) is 0 Å². The standard InChI is InChI=1S/C9H13NO3/c1-2-12-7-13-9-4-3-8(6-11)10-5-9/h3-5,11H,2,6-7H2,1H3. The van der Waals surface area contributed by atoms with Gasteiger partial charge in [-0.15, -0.1) is 0 Å². The van der Waals surface area contributed by atoms with E-state index < -0.39 is 0 Å². The predicted molar refractivity (Wildman–Crippen MR) is 47.3 cm³/mol. The first-order valence-corrected chi connectivity index (χ1v) is 4.13. The molecule has 13 heavy (non-hydrogen) atoms. The van der Waals surface area contributed by atoms with Crippen molar-refractivity contribution in [3.8, 4) is 5.75 Å². The van der Waals surface area contributed by atoms with Crippen molar-refractivity contribution < 1.29 is 14.6 Å². The summed E-state index contributed by atoms with van der Waals surface area (Å²) >= 11 is 0. The minimum absolute atomic E-state index is 0.0499. The molecule has 1 aromatic heterocycles. The summed E-state index contributed by atoms with van der Waals surface area (Å²) in [5, 5.41) is 8.71. The lowest BCUT2D eigenvalue weighted by Gasteiger charge is -2.05. The number of rotatable bonds is 5. The van der Waals surface area contributed by atoms with Gasteiger partial charge in [0.2, 0.25) is 0 Å². The number of aliphatic hydroxyl groups is 1. The summed E-state index contributed by atoms with van der Waals surface area (Å²) in [7, 11) is 0. The first kappa shape index (κ1) is 9.95. The molecule has 0 unspecified atom stereocenters. The molecule has 0 aliphatic carbocycles. The molecule has 0 radical (unpaired) electrons. The Morgan fingerprint density at radius 1 is 1.46 bits per heavy atom. The number of ether oxygens (including phenoxy) is 2. The van der Waals surface area contributed by atoms with Crippen molar-refractivity contribution in [2.24, 2.45) is 0 Å². The summed E-state index contributed by atoms with van der Waals surface area (Å²) in [5.74, 6) is 0.644. The second-order valence-electron chi connectivity index (χ2n) is 2.40. The van der Waals surface area contributed by atoms with Crippen LogP contribution in [0.2, 0.25) is 0 Å². The molecule has 0 aromatic carbocycles. The molecule has 0 fully saturated rings. The number of hydrogen-bond donors (Lipinski definition) is 1. The molecular formula is C9H13NO3. The summed E-state index contributed by atoms with van der Waals surface area (Å²) in [6, 6.07) is 3.46. The third-order valence-corrected chi connectivity index (χ3v) is 1.47. The van der Waals surface area contributed by atoms with Gasteiger partial charge in [0.25, 0.3) is 0 Å². The van der Waals surface area contributed by atoms with Crippen LogP contribution in [0.4, 0.5) is 0 Å². The lowest BCUT2D eigenvalue weighted by Crippen LogP contribution is -2.02. The van der Waals surface area contributed by atoms with Crippen LogP contribution in [0.25, 0.3) is 0 Å². The largest absolute Gasteiger partial charge is 0.466 e. The smallest absolute Gasteiger partial charge is 0.189 e. The highest BCUT2D eigenvalue weighted by Crippen LogP contribution is 2.08. The highest BCUT2D eigenvalue weighted by Gasteiger charge is 1.94. The van der Waals surface area contributed by atoms with E-state index in [9.17, 15) is 0 Å². The normalized spacial score (nSPS) is 10.0. The van der Waals surface area contributed by atoms with Crippen molar-refractivity contribution in [1.29, 1.82) is 0 Å². The van der Waals surface area contributed by atoms with Crippen LogP contribution >= 0.6 is 0 Å². The van der Waals surface area contributed by atoms with E-state index >= 15 is 0 Å². The molecule has 1 aromatic rings. The van der Waals surface area contributed by atoms with Crippen LogP contribution in [0.1, 0.15) is 12.6 Å². The third kappa shape index (κ3) is 3.40. The van der Waals surface area contributed by atoms with E-state index in [0.717, 1.165) is 0 Å². The topological polar surface area (TPSA) is 51.6 Å². The first-order chi connectivity index (χ1) is 6.36. The number of pyridine rings is 1. The molecule has 4 heteroatoms. The van der Waals surface area contributed by atoms with Gasteiger partial charge in [0.05, 0.1) is 18.5 Å². The van der Waals surface area contributed by atoms with Gasteiger partial charge in [0.1, 0.15) is 5.75 Å². The fourth-order valence-electron chi connectivity index (χ4n) is 0.783. The monoisotopic (exact) mass is 183 g/mol. The van der Waals surface area contributed by atoms with Crippen molar-refractivity contribution in [3.05, 3.63) is 24.0 Å². The van der Waals surface area contributed by atoms with E-state index in [2.05, 4.69) is 4.98 Å². The van der Waals surface area contributed by atoms with Gasteiger partial charge in [-0.25, -0.2) is 0 Å². The zero-order chi connectivity index (χ0) is 9.52. The van der Waals surface area contributed by atoms with Gasteiger partial charge in [-0.1, -0.05) is 0 Å². The van der Waals surface area contributed by atoms with Crippen molar-refractivity contribution in [3.63, 3.8) is 0 Å².